The molecule has 2 fully saturated rings. The Hall–Kier alpha value is -3.95. The molecule has 2 saturated heterocycles. The number of rotatable bonds is 4. The zero-order valence-electron chi connectivity index (χ0n) is 24.5. The molecule has 3 aliphatic rings. The summed E-state index contributed by atoms with van der Waals surface area (Å²) in [5.74, 6) is 1.81. The number of hydrogen-bond donors (Lipinski definition) is 3. The molecule has 42 heavy (non-hydrogen) atoms. The van der Waals surface area contributed by atoms with Gasteiger partial charge in [0.2, 0.25) is 0 Å². The predicted molar refractivity (Wildman–Crippen MR) is 160 cm³/mol. The number of benzene rings is 2. The third-order valence-corrected chi connectivity index (χ3v) is 8.42. The molecular formula is C33H38N6O3. The second kappa shape index (κ2) is 10.7. The quantitative estimate of drug-likeness (QED) is 0.255. The molecule has 5 heterocycles. The van der Waals surface area contributed by atoms with E-state index in [1.165, 1.54) is 23.1 Å². The van der Waals surface area contributed by atoms with E-state index in [-0.39, 0.29) is 12.1 Å². The number of imidazole rings is 2. The zero-order chi connectivity index (χ0) is 28.8. The molecule has 9 heteroatoms. The maximum absolute atomic E-state index is 12.8. The van der Waals surface area contributed by atoms with Crippen molar-refractivity contribution in [2.45, 2.75) is 77.4 Å². The first-order chi connectivity index (χ1) is 20.3. The lowest BCUT2D eigenvalue weighted by Crippen LogP contribution is -2.36. The summed E-state index contributed by atoms with van der Waals surface area (Å²) in [6, 6.07) is 13.3. The minimum absolute atomic E-state index is 0.112. The van der Waals surface area contributed by atoms with E-state index in [4.69, 9.17) is 9.47 Å². The highest BCUT2D eigenvalue weighted by Crippen LogP contribution is 2.37. The van der Waals surface area contributed by atoms with Crippen LogP contribution in [0.3, 0.4) is 0 Å². The number of nitrogens with one attached hydrogen (secondary N) is 3. The number of hydrogen-bond acceptors (Lipinski definition) is 6. The van der Waals surface area contributed by atoms with E-state index in [0.717, 1.165) is 65.5 Å². The van der Waals surface area contributed by atoms with Gasteiger partial charge in [0, 0.05) is 6.54 Å². The van der Waals surface area contributed by atoms with Gasteiger partial charge in [-0.2, -0.15) is 0 Å². The second-order valence-corrected chi connectivity index (χ2v) is 12.6. The Morgan fingerprint density at radius 1 is 0.905 bits per heavy atom. The molecular weight excluding hydrogens is 528 g/mol. The van der Waals surface area contributed by atoms with Gasteiger partial charge in [0.05, 0.1) is 49.1 Å². The summed E-state index contributed by atoms with van der Waals surface area (Å²) >= 11 is 0. The number of H-pyrrole nitrogens is 2. The Bertz CT molecular complexity index is 1610. The van der Waals surface area contributed by atoms with Crippen molar-refractivity contribution in [3.8, 4) is 33.6 Å². The van der Waals surface area contributed by atoms with E-state index < -0.39 is 5.60 Å². The lowest BCUT2D eigenvalue weighted by molar-refractivity contribution is 0.0218. The summed E-state index contributed by atoms with van der Waals surface area (Å²) in [5.41, 5.74) is 8.28. The molecule has 0 unspecified atom stereocenters. The number of fused-ring (bicyclic) bond motifs is 3. The number of aromatic amines is 2. The Balaban J connectivity index is 1.12. The van der Waals surface area contributed by atoms with Gasteiger partial charge in [0.15, 0.2) is 0 Å². The molecule has 3 N–H and O–H groups in total. The van der Waals surface area contributed by atoms with Crippen LogP contribution in [0.5, 0.6) is 0 Å². The highest BCUT2D eigenvalue weighted by Gasteiger charge is 2.35. The maximum atomic E-state index is 12.8. The number of ether oxygens (including phenoxy) is 2. The van der Waals surface area contributed by atoms with Crippen LogP contribution < -0.4 is 5.32 Å². The average molecular weight is 567 g/mol. The summed E-state index contributed by atoms with van der Waals surface area (Å²) in [5, 5.41) is 3.51. The van der Waals surface area contributed by atoms with Crippen LogP contribution in [0.25, 0.3) is 33.6 Å². The Morgan fingerprint density at radius 3 is 2.17 bits per heavy atom. The van der Waals surface area contributed by atoms with Crippen LogP contribution in [-0.4, -0.2) is 49.6 Å². The van der Waals surface area contributed by atoms with Crippen molar-refractivity contribution in [2.24, 2.45) is 0 Å². The van der Waals surface area contributed by atoms with Gasteiger partial charge in [-0.05, 0) is 98.5 Å². The third-order valence-electron chi connectivity index (χ3n) is 8.42. The Labute approximate surface area is 246 Å². The van der Waals surface area contributed by atoms with Crippen LogP contribution in [0.1, 0.15) is 81.3 Å². The fourth-order valence-electron chi connectivity index (χ4n) is 6.38. The van der Waals surface area contributed by atoms with Crippen LogP contribution in [0.15, 0.2) is 48.8 Å². The van der Waals surface area contributed by atoms with E-state index in [9.17, 15) is 4.79 Å². The Morgan fingerprint density at radius 2 is 1.55 bits per heavy atom. The summed E-state index contributed by atoms with van der Waals surface area (Å²) in [6.07, 6.45) is 7.61. The first kappa shape index (κ1) is 26.9. The summed E-state index contributed by atoms with van der Waals surface area (Å²) in [4.78, 5) is 31.0. The summed E-state index contributed by atoms with van der Waals surface area (Å²) in [6.45, 7) is 8.48. The van der Waals surface area contributed by atoms with Gasteiger partial charge >= 0.3 is 6.09 Å². The van der Waals surface area contributed by atoms with Gasteiger partial charge in [-0.15, -0.1) is 0 Å². The number of aromatic nitrogens is 4. The van der Waals surface area contributed by atoms with E-state index in [0.29, 0.717) is 25.8 Å². The minimum Gasteiger partial charge on any atom is -0.444 e. The topological polar surface area (TPSA) is 108 Å². The summed E-state index contributed by atoms with van der Waals surface area (Å²) in [7, 11) is 0. The second-order valence-electron chi connectivity index (χ2n) is 12.6. The molecule has 0 radical (unpaired) electrons. The van der Waals surface area contributed by atoms with Crippen molar-refractivity contribution in [1.29, 1.82) is 0 Å². The molecule has 9 nitrogen and oxygen atoms in total. The van der Waals surface area contributed by atoms with Gasteiger partial charge in [-0.25, -0.2) is 14.8 Å². The molecule has 0 aliphatic carbocycles. The van der Waals surface area contributed by atoms with Gasteiger partial charge in [0.1, 0.15) is 17.2 Å². The summed E-state index contributed by atoms with van der Waals surface area (Å²) < 4.78 is 11.8. The standard InChI is InChI=1S/C33H38N6O3/c1-33(2,3)42-32(40)39-13-5-7-29(39)31-36-17-28(38-31)21-9-11-25-23(15-21)19-41-18-22-14-20(8-10-24(22)25)27-16-35-30(37-27)26-6-4-12-34-26/h8-11,14-17,26,29,34H,4-7,12-13,18-19H2,1-3H3,(H,35,37)(H,36,38)/t26-,29-/m0/s1. The monoisotopic (exact) mass is 566 g/mol. The maximum Gasteiger partial charge on any atom is 0.410 e. The molecule has 2 atom stereocenters. The van der Waals surface area contributed by atoms with Crippen molar-refractivity contribution < 1.29 is 14.3 Å². The molecule has 0 bridgehead atoms. The molecule has 7 rings (SSSR count). The SMILES string of the molecule is CC(C)(C)OC(=O)N1CCC[C@H]1c1ncc(-c2ccc3c(c2)COCc2cc(-c4cnc([C@@H]5CCCN5)[nH]4)ccc2-3)[nH]1. The smallest absolute Gasteiger partial charge is 0.410 e. The largest absolute Gasteiger partial charge is 0.444 e. The van der Waals surface area contributed by atoms with Crippen molar-refractivity contribution in [3.63, 3.8) is 0 Å². The highest BCUT2D eigenvalue weighted by molar-refractivity contribution is 5.77. The fraction of sp³-hybridized carbons (Fsp3) is 0.424. The van der Waals surface area contributed by atoms with Crippen LogP contribution >= 0.6 is 0 Å². The number of carbonyl (C=O) groups excluding carboxylic acids is 1. The van der Waals surface area contributed by atoms with Gasteiger partial charge in [-0.1, -0.05) is 24.3 Å². The molecule has 218 valence electrons. The minimum atomic E-state index is -0.530. The molecule has 4 aromatic rings. The molecule has 2 aromatic carbocycles. The molecule has 2 aromatic heterocycles. The Kier molecular flexibility index (Phi) is 6.86. The van der Waals surface area contributed by atoms with Gasteiger partial charge < -0.3 is 24.8 Å². The van der Waals surface area contributed by atoms with E-state index in [2.05, 4.69) is 61.7 Å². The zero-order valence-corrected chi connectivity index (χ0v) is 24.5. The van der Waals surface area contributed by atoms with Crippen molar-refractivity contribution in [1.82, 2.24) is 30.2 Å². The van der Waals surface area contributed by atoms with E-state index in [1.807, 2.05) is 33.2 Å². The lowest BCUT2D eigenvalue weighted by atomic mass is 9.93. The molecule has 1 amide bonds. The van der Waals surface area contributed by atoms with Crippen LogP contribution in [0.4, 0.5) is 4.79 Å². The van der Waals surface area contributed by atoms with Crippen molar-refractivity contribution >= 4 is 6.09 Å². The van der Waals surface area contributed by atoms with Crippen molar-refractivity contribution in [2.75, 3.05) is 13.1 Å². The first-order valence-electron chi connectivity index (χ1n) is 15.0. The number of amides is 1. The fourth-order valence-corrected chi connectivity index (χ4v) is 6.38. The highest BCUT2D eigenvalue weighted by atomic mass is 16.6. The number of carbonyl (C=O) groups is 1. The molecule has 0 spiro atoms. The van der Waals surface area contributed by atoms with Gasteiger partial charge in [-0.3, -0.25) is 4.90 Å². The molecule has 0 saturated carbocycles. The van der Waals surface area contributed by atoms with Crippen LogP contribution in [0, 0.1) is 0 Å². The third kappa shape index (κ3) is 5.23. The van der Waals surface area contributed by atoms with Crippen LogP contribution in [-0.2, 0) is 22.7 Å². The van der Waals surface area contributed by atoms with E-state index >= 15 is 0 Å². The average Bonchev–Trinajstić information content (AvgIpc) is 3.77. The number of likely N-dealkylation sites (tertiary alicyclic amines) is 1. The van der Waals surface area contributed by atoms with Crippen molar-refractivity contribution in [3.05, 3.63) is 71.6 Å². The first-order valence-corrected chi connectivity index (χ1v) is 15.0. The van der Waals surface area contributed by atoms with Crippen LogP contribution in [0.2, 0.25) is 0 Å². The number of nitrogens with zero attached hydrogens (tertiary/aromatic N) is 3. The normalized spacial score (nSPS) is 20.3. The predicted octanol–water partition coefficient (Wildman–Crippen LogP) is 6.66. The lowest BCUT2D eigenvalue weighted by Gasteiger charge is -2.27. The molecule has 3 aliphatic heterocycles. The van der Waals surface area contributed by atoms with E-state index in [1.54, 1.807) is 4.90 Å². The van der Waals surface area contributed by atoms with Gasteiger partial charge in [0.25, 0.3) is 0 Å².